The second kappa shape index (κ2) is 8.69. The first kappa shape index (κ1) is 20.9. The van der Waals surface area contributed by atoms with Gasteiger partial charge in [-0.05, 0) is 50.8 Å². The molecule has 1 atom stereocenters. The summed E-state index contributed by atoms with van der Waals surface area (Å²) in [6.07, 6.45) is 0.629. The topological polar surface area (TPSA) is 80.4 Å². The number of aryl methyl sites for hydroxylation is 2. The van der Waals surface area contributed by atoms with Crippen molar-refractivity contribution < 1.29 is 19.1 Å². The Bertz CT molecular complexity index is 983. The van der Waals surface area contributed by atoms with Gasteiger partial charge in [0.15, 0.2) is 0 Å². The predicted octanol–water partition coefficient (Wildman–Crippen LogP) is 3.89. The van der Waals surface area contributed by atoms with Gasteiger partial charge in [0.05, 0.1) is 30.8 Å². The zero-order chi connectivity index (χ0) is 21.1. The van der Waals surface area contributed by atoms with E-state index in [-0.39, 0.29) is 6.61 Å². The van der Waals surface area contributed by atoms with E-state index >= 15 is 0 Å². The molecule has 0 fully saturated rings. The van der Waals surface area contributed by atoms with Crippen molar-refractivity contribution in [1.82, 2.24) is 10.3 Å². The van der Waals surface area contributed by atoms with Crippen molar-refractivity contribution in [2.24, 2.45) is 0 Å². The molecule has 2 aromatic rings. The summed E-state index contributed by atoms with van der Waals surface area (Å²) in [6.45, 7) is 7.91. The molecule has 2 aromatic heterocycles. The Morgan fingerprint density at radius 2 is 1.79 bits per heavy atom. The molecule has 0 saturated carbocycles. The van der Waals surface area contributed by atoms with Gasteiger partial charge in [0.1, 0.15) is 0 Å². The number of aromatic amines is 1. The van der Waals surface area contributed by atoms with E-state index in [0.717, 1.165) is 21.8 Å². The van der Waals surface area contributed by atoms with E-state index in [9.17, 15) is 9.59 Å². The number of rotatable bonds is 6. The molecule has 7 heteroatoms. The van der Waals surface area contributed by atoms with Crippen molar-refractivity contribution in [1.29, 1.82) is 0 Å². The molecular weight excluding hydrogens is 388 g/mol. The van der Waals surface area contributed by atoms with Crippen molar-refractivity contribution in [2.45, 2.75) is 40.0 Å². The number of dihydropyridines is 1. The minimum Gasteiger partial charge on any atom is -0.466 e. The first-order valence-electron chi connectivity index (χ1n) is 9.46. The average molecular weight is 415 g/mol. The molecule has 0 spiro atoms. The highest BCUT2D eigenvalue weighted by atomic mass is 32.1. The standard InChI is InChI=1S/C22H26N2O4S/c1-12-11-16(13(2)23-12)8-9-28-22(26)19-15(4)24-14(3)18(21(25)27-5)20(19)17-7-6-10-29-17/h6-7,10-11,20,23-24H,8-9H2,1-5H3. The van der Waals surface area contributed by atoms with Gasteiger partial charge in [-0.25, -0.2) is 9.59 Å². The summed E-state index contributed by atoms with van der Waals surface area (Å²) in [6, 6.07) is 5.89. The van der Waals surface area contributed by atoms with Crippen LogP contribution in [0.3, 0.4) is 0 Å². The number of carbonyl (C=O) groups is 2. The van der Waals surface area contributed by atoms with Crippen LogP contribution in [0.5, 0.6) is 0 Å². The van der Waals surface area contributed by atoms with Gasteiger partial charge in [-0.1, -0.05) is 6.07 Å². The van der Waals surface area contributed by atoms with Crippen molar-refractivity contribution in [3.8, 4) is 0 Å². The van der Waals surface area contributed by atoms with Crippen LogP contribution in [0.1, 0.15) is 41.6 Å². The number of thiophene rings is 1. The lowest BCUT2D eigenvalue weighted by Gasteiger charge is -2.29. The van der Waals surface area contributed by atoms with Gasteiger partial charge >= 0.3 is 11.9 Å². The zero-order valence-electron chi connectivity index (χ0n) is 17.3. The monoisotopic (exact) mass is 414 g/mol. The highest BCUT2D eigenvalue weighted by Gasteiger charge is 2.38. The van der Waals surface area contributed by atoms with E-state index in [0.29, 0.717) is 29.0 Å². The molecule has 1 aliphatic heterocycles. The number of allylic oxidation sites excluding steroid dienone is 2. The van der Waals surface area contributed by atoms with E-state index in [4.69, 9.17) is 9.47 Å². The maximum absolute atomic E-state index is 13.1. The van der Waals surface area contributed by atoms with Gasteiger partial charge in [-0.2, -0.15) is 0 Å². The van der Waals surface area contributed by atoms with E-state index in [1.807, 2.05) is 45.2 Å². The Kier molecular flexibility index (Phi) is 6.27. The number of methoxy groups -OCH3 is 1. The maximum atomic E-state index is 13.1. The van der Waals surface area contributed by atoms with Crippen LogP contribution in [0.2, 0.25) is 0 Å². The Labute approximate surface area is 174 Å². The third-order valence-corrected chi connectivity index (χ3v) is 6.01. The fourth-order valence-electron chi connectivity index (χ4n) is 3.76. The molecule has 1 unspecified atom stereocenters. The lowest BCUT2D eigenvalue weighted by molar-refractivity contribution is -0.139. The fourth-order valence-corrected chi connectivity index (χ4v) is 4.60. The van der Waals surface area contributed by atoms with Crippen molar-refractivity contribution >= 4 is 23.3 Å². The third-order valence-electron chi connectivity index (χ3n) is 5.07. The fraction of sp³-hybridized carbons (Fsp3) is 0.364. The van der Waals surface area contributed by atoms with Gasteiger partial charge < -0.3 is 19.8 Å². The number of nitrogens with one attached hydrogen (secondary N) is 2. The summed E-state index contributed by atoms with van der Waals surface area (Å²) in [4.78, 5) is 29.7. The second-order valence-corrected chi connectivity index (χ2v) is 8.11. The largest absolute Gasteiger partial charge is 0.466 e. The number of H-pyrrole nitrogens is 1. The van der Waals surface area contributed by atoms with Crippen LogP contribution in [-0.4, -0.2) is 30.6 Å². The minimum atomic E-state index is -0.507. The van der Waals surface area contributed by atoms with E-state index in [1.165, 1.54) is 18.4 Å². The van der Waals surface area contributed by atoms with E-state index in [1.54, 1.807) is 0 Å². The first-order chi connectivity index (χ1) is 13.8. The maximum Gasteiger partial charge on any atom is 0.336 e. The van der Waals surface area contributed by atoms with Crippen LogP contribution in [0, 0.1) is 13.8 Å². The molecule has 0 saturated heterocycles. The average Bonchev–Trinajstić information content (AvgIpc) is 3.30. The smallest absolute Gasteiger partial charge is 0.336 e. The molecule has 0 amide bonds. The molecule has 0 aliphatic carbocycles. The molecule has 2 N–H and O–H groups in total. The molecule has 6 nitrogen and oxygen atoms in total. The van der Waals surface area contributed by atoms with Gasteiger partial charge in [0.2, 0.25) is 0 Å². The number of ether oxygens (including phenoxy) is 2. The summed E-state index contributed by atoms with van der Waals surface area (Å²) in [5.74, 6) is -1.38. The molecule has 3 heterocycles. The zero-order valence-corrected chi connectivity index (χ0v) is 18.2. The van der Waals surface area contributed by atoms with Crippen LogP contribution in [0.4, 0.5) is 0 Å². The van der Waals surface area contributed by atoms with Gasteiger partial charge in [0, 0.05) is 34.1 Å². The SMILES string of the molecule is COC(=O)C1=C(C)NC(C)=C(C(=O)OCCc2cc(C)[nH]c2C)C1c1cccs1. The Balaban J connectivity index is 1.85. The highest BCUT2D eigenvalue weighted by molar-refractivity contribution is 7.10. The van der Waals surface area contributed by atoms with Crippen molar-refractivity contribution in [2.75, 3.05) is 13.7 Å². The molecule has 3 rings (SSSR count). The summed E-state index contributed by atoms with van der Waals surface area (Å²) >= 11 is 1.50. The lowest BCUT2D eigenvalue weighted by Crippen LogP contribution is -2.32. The van der Waals surface area contributed by atoms with Crippen LogP contribution >= 0.6 is 11.3 Å². The minimum absolute atomic E-state index is 0.265. The summed E-state index contributed by atoms with van der Waals surface area (Å²) in [5, 5.41) is 5.07. The Hall–Kier alpha value is -2.80. The molecule has 0 bridgehead atoms. The van der Waals surface area contributed by atoms with Crippen LogP contribution in [-0.2, 0) is 25.5 Å². The Morgan fingerprint density at radius 3 is 2.34 bits per heavy atom. The molecule has 154 valence electrons. The highest BCUT2D eigenvalue weighted by Crippen LogP contribution is 2.40. The van der Waals surface area contributed by atoms with Crippen LogP contribution in [0.15, 0.2) is 46.1 Å². The summed E-state index contributed by atoms with van der Waals surface area (Å²) < 4.78 is 10.6. The van der Waals surface area contributed by atoms with Crippen LogP contribution in [0.25, 0.3) is 0 Å². The second-order valence-electron chi connectivity index (χ2n) is 7.13. The number of esters is 2. The molecular formula is C22H26N2O4S. The lowest BCUT2D eigenvalue weighted by atomic mass is 9.84. The van der Waals surface area contributed by atoms with E-state index < -0.39 is 17.9 Å². The van der Waals surface area contributed by atoms with Gasteiger partial charge in [-0.15, -0.1) is 11.3 Å². The Morgan fingerprint density at radius 1 is 1.10 bits per heavy atom. The summed E-state index contributed by atoms with van der Waals surface area (Å²) in [7, 11) is 1.35. The first-order valence-corrected chi connectivity index (χ1v) is 10.3. The van der Waals surface area contributed by atoms with Gasteiger partial charge in [0.25, 0.3) is 0 Å². The van der Waals surface area contributed by atoms with Crippen molar-refractivity contribution in [3.63, 3.8) is 0 Å². The quantitative estimate of drug-likeness (QED) is 0.701. The molecule has 1 aliphatic rings. The normalized spacial score (nSPS) is 16.7. The number of aromatic nitrogens is 1. The van der Waals surface area contributed by atoms with E-state index in [2.05, 4.69) is 16.4 Å². The van der Waals surface area contributed by atoms with Gasteiger partial charge in [-0.3, -0.25) is 0 Å². The molecule has 0 aromatic carbocycles. The van der Waals surface area contributed by atoms with Crippen molar-refractivity contribution in [3.05, 3.63) is 67.9 Å². The third kappa shape index (κ3) is 4.29. The number of carbonyl (C=O) groups excluding carboxylic acids is 2. The number of hydrogen-bond donors (Lipinski definition) is 2. The summed E-state index contributed by atoms with van der Waals surface area (Å²) in [5.41, 5.74) is 5.54. The number of hydrogen-bond acceptors (Lipinski definition) is 6. The van der Waals surface area contributed by atoms with Crippen LogP contribution < -0.4 is 5.32 Å². The predicted molar refractivity (Wildman–Crippen MR) is 113 cm³/mol. The molecule has 29 heavy (non-hydrogen) atoms. The molecule has 0 radical (unpaired) electrons.